The fourth-order valence-corrected chi connectivity index (χ4v) is 4.69. The summed E-state index contributed by atoms with van der Waals surface area (Å²) >= 11 is 1.48. The van der Waals surface area contributed by atoms with Crippen LogP contribution in [0.1, 0.15) is 24.2 Å². The average molecular weight is 464 g/mol. The first-order valence-electron chi connectivity index (χ1n) is 10.4. The van der Waals surface area contributed by atoms with Gasteiger partial charge in [0.1, 0.15) is 11.5 Å². The molecule has 9 heteroatoms. The summed E-state index contributed by atoms with van der Waals surface area (Å²) in [5.74, 6) is 0.326. The van der Waals surface area contributed by atoms with Crippen LogP contribution in [0.2, 0.25) is 0 Å². The summed E-state index contributed by atoms with van der Waals surface area (Å²) in [4.78, 5) is 45.9. The molecule has 0 radical (unpaired) electrons. The Morgan fingerprint density at radius 2 is 1.94 bits per heavy atom. The van der Waals surface area contributed by atoms with Gasteiger partial charge in [-0.15, -0.1) is 11.3 Å². The number of ketones is 1. The maximum atomic E-state index is 13.5. The number of benzene rings is 2. The van der Waals surface area contributed by atoms with Crippen molar-refractivity contribution in [3.8, 4) is 22.8 Å². The zero-order valence-electron chi connectivity index (χ0n) is 18.3. The van der Waals surface area contributed by atoms with E-state index in [9.17, 15) is 14.4 Å². The molecule has 0 N–H and O–H groups in total. The van der Waals surface area contributed by atoms with Gasteiger partial charge in [-0.1, -0.05) is 0 Å². The van der Waals surface area contributed by atoms with Crippen LogP contribution >= 0.6 is 11.3 Å². The van der Waals surface area contributed by atoms with Crippen molar-refractivity contribution in [3.63, 3.8) is 0 Å². The Hall–Kier alpha value is -3.72. The molecule has 2 aromatic carbocycles. The van der Waals surface area contributed by atoms with Gasteiger partial charge in [-0.3, -0.25) is 19.3 Å². The highest BCUT2D eigenvalue weighted by molar-refractivity contribution is 7.07. The van der Waals surface area contributed by atoms with Crippen molar-refractivity contribution in [3.05, 3.63) is 52.9 Å². The predicted octanol–water partition coefficient (Wildman–Crippen LogP) is 3.55. The molecule has 0 spiro atoms. The number of Topliss-reactive ketones (excluding diaryl/α,β-unsaturated/α-hetero) is 1. The maximum absolute atomic E-state index is 13.5. The largest absolute Gasteiger partial charge is 0.482 e. The summed E-state index contributed by atoms with van der Waals surface area (Å²) in [6.45, 7) is 3.23. The number of thiazole rings is 1. The molecule has 0 saturated carbocycles. The van der Waals surface area contributed by atoms with E-state index in [0.717, 1.165) is 11.3 Å². The summed E-state index contributed by atoms with van der Waals surface area (Å²) in [7, 11) is 1.65. The van der Waals surface area contributed by atoms with Crippen molar-refractivity contribution >= 4 is 40.3 Å². The first-order chi connectivity index (χ1) is 15.8. The molecule has 5 rings (SSSR count). The standard InChI is InChI=1S/C24H21N3O5S/c1-13(23(29)16-5-7-21-18(9-16)26(3)24(30)14(2)32-21)27-19-8-15(17-11-33-12-25-17)4-6-20(19)31-10-22(27)28/h4-9,11-14H,10H2,1-3H3. The first-order valence-corrected chi connectivity index (χ1v) is 11.4. The minimum Gasteiger partial charge on any atom is -0.482 e. The van der Waals surface area contributed by atoms with Crippen LogP contribution in [0.15, 0.2) is 47.3 Å². The number of rotatable bonds is 4. The van der Waals surface area contributed by atoms with Crippen LogP contribution in [0.5, 0.6) is 11.5 Å². The van der Waals surface area contributed by atoms with Gasteiger partial charge in [0, 0.05) is 23.6 Å². The van der Waals surface area contributed by atoms with Gasteiger partial charge in [-0.05, 0) is 50.2 Å². The summed E-state index contributed by atoms with van der Waals surface area (Å²) in [5.41, 5.74) is 4.80. The zero-order chi connectivity index (χ0) is 23.3. The monoisotopic (exact) mass is 463 g/mol. The van der Waals surface area contributed by atoms with Gasteiger partial charge < -0.3 is 14.4 Å². The van der Waals surface area contributed by atoms with Crippen LogP contribution in [0.3, 0.4) is 0 Å². The number of anilines is 2. The second-order valence-corrected chi connectivity index (χ2v) is 8.71. The molecule has 0 aliphatic carbocycles. The van der Waals surface area contributed by atoms with Crippen LogP contribution in [0.4, 0.5) is 11.4 Å². The number of carbonyl (C=O) groups excluding carboxylic acids is 3. The minimum atomic E-state index is -0.784. The van der Waals surface area contributed by atoms with E-state index in [1.165, 1.54) is 21.1 Å². The lowest BCUT2D eigenvalue weighted by molar-refractivity contribution is -0.125. The van der Waals surface area contributed by atoms with Crippen LogP contribution in [-0.2, 0) is 9.59 Å². The van der Waals surface area contributed by atoms with Gasteiger partial charge in [-0.2, -0.15) is 0 Å². The number of amides is 2. The van der Waals surface area contributed by atoms with Crippen molar-refractivity contribution in [1.82, 2.24) is 4.98 Å². The quantitative estimate of drug-likeness (QED) is 0.550. The molecule has 2 aliphatic heterocycles. The average Bonchev–Trinajstić information content (AvgIpc) is 3.36. The topological polar surface area (TPSA) is 89.0 Å². The molecule has 2 aliphatic rings. The molecule has 3 aromatic rings. The van der Waals surface area contributed by atoms with E-state index in [0.29, 0.717) is 28.4 Å². The Labute approximate surface area is 194 Å². The van der Waals surface area contributed by atoms with E-state index in [4.69, 9.17) is 9.47 Å². The van der Waals surface area contributed by atoms with Gasteiger partial charge in [0.15, 0.2) is 18.5 Å². The molecule has 2 unspecified atom stereocenters. The van der Waals surface area contributed by atoms with E-state index in [1.54, 1.807) is 50.7 Å². The number of aromatic nitrogens is 1. The zero-order valence-corrected chi connectivity index (χ0v) is 19.1. The predicted molar refractivity (Wildman–Crippen MR) is 124 cm³/mol. The maximum Gasteiger partial charge on any atom is 0.267 e. The lowest BCUT2D eigenvalue weighted by Gasteiger charge is -2.34. The minimum absolute atomic E-state index is 0.145. The van der Waals surface area contributed by atoms with E-state index < -0.39 is 12.1 Å². The van der Waals surface area contributed by atoms with E-state index in [-0.39, 0.29) is 24.2 Å². The Morgan fingerprint density at radius 3 is 2.70 bits per heavy atom. The summed E-state index contributed by atoms with van der Waals surface area (Å²) in [5, 5.41) is 1.92. The highest BCUT2D eigenvalue weighted by atomic mass is 32.1. The Kier molecular flexibility index (Phi) is 5.13. The van der Waals surface area contributed by atoms with Crippen LogP contribution < -0.4 is 19.3 Å². The fourth-order valence-electron chi connectivity index (χ4n) is 4.13. The molecule has 2 amide bonds. The van der Waals surface area contributed by atoms with Gasteiger partial charge in [-0.25, -0.2) is 4.98 Å². The van der Waals surface area contributed by atoms with Gasteiger partial charge >= 0.3 is 0 Å². The summed E-state index contributed by atoms with van der Waals surface area (Å²) < 4.78 is 11.3. The third-order valence-electron chi connectivity index (χ3n) is 5.92. The molecule has 33 heavy (non-hydrogen) atoms. The molecule has 0 fully saturated rings. The molecular weight excluding hydrogens is 442 g/mol. The van der Waals surface area contributed by atoms with Crippen molar-refractivity contribution in [2.75, 3.05) is 23.5 Å². The molecule has 0 saturated heterocycles. The van der Waals surface area contributed by atoms with Crippen LogP contribution in [-0.4, -0.2) is 48.4 Å². The highest BCUT2D eigenvalue weighted by Crippen LogP contribution is 2.38. The van der Waals surface area contributed by atoms with E-state index >= 15 is 0 Å². The second kappa shape index (κ2) is 8.00. The van der Waals surface area contributed by atoms with Crippen LogP contribution in [0.25, 0.3) is 11.3 Å². The molecule has 2 atom stereocenters. The SMILES string of the molecule is CC1Oc2ccc(C(=O)C(C)N3C(=O)COc4ccc(-c5cscn5)cc43)cc2N(C)C1=O. The number of fused-ring (bicyclic) bond motifs is 2. The smallest absolute Gasteiger partial charge is 0.267 e. The molecule has 168 valence electrons. The fraction of sp³-hybridized carbons (Fsp3) is 0.250. The van der Waals surface area contributed by atoms with Crippen molar-refractivity contribution in [2.45, 2.75) is 26.0 Å². The highest BCUT2D eigenvalue weighted by Gasteiger charge is 2.35. The molecule has 3 heterocycles. The van der Waals surface area contributed by atoms with Crippen LogP contribution in [0, 0.1) is 0 Å². The third-order valence-corrected chi connectivity index (χ3v) is 6.51. The number of nitrogens with zero attached hydrogens (tertiary/aromatic N) is 3. The Bertz CT molecular complexity index is 1270. The lowest BCUT2D eigenvalue weighted by Crippen LogP contribution is -2.48. The Balaban J connectivity index is 1.50. The third kappa shape index (κ3) is 3.54. The Morgan fingerprint density at radius 1 is 1.15 bits per heavy atom. The van der Waals surface area contributed by atoms with Gasteiger partial charge in [0.05, 0.1) is 28.6 Å². The number of carbonyl (C=O) groups is 3. The van der Waals surface area contributed by atoms with Crippen molar-refractivity contribution < 1.29 is 23.9 Å². The van der Waals surface area contributed by atoms with Crippen molar-refractivity contribution in [1.29, 1.82) is 0 Å². The molecule has 1 aromatic heterocycles. The number of hydrogen-bond donors (Lipinski definition) is 0. The van der Waals surface area contributed by atoms with E-state index in [2.05, 4.69) is 4.98 Å². The summed E-state index contributed by atoms with van der Waals surface area (Å²) in [6.07, 6.45) is -0.586. The molecular formula is C24H21N3O5S. The number of hydrogen-bond acceptors (Lipinski definition) is 7. The van der Waals surface area contributed by atoms with E-state index in [1.807, 2.05) is 17.5 Å². The first kappa shape index (κ1) is 21.1. The lowest BCUT2D eigenvalue weighted by atomic mass is 10.00. The van der Waals surface area contributed by atoms with Crippen molar-refractivity contribution in [2.24, 2.45) is 0 Å². The summed E-state index contributed by atoms with van der Waals surface area (Å²) in [6, 6.07) is 9.68. The second-order valence-electron chi connectivity index (χ2n) is 7.99. The van der Waals surface area contributed by atoms with Gasteiger partial charge in [0.2, 0.25) is 0 Å². The molecule has 0 bridgehead atoms. The van der Waals surface area contributed by atoms with Gasteiger partial charge in [0.25, 0.3) is 11.8 Å². The number of likely N-dealkylation sites (N-methyl/N-ethyl adjacent to an activating group) is 1. The number of ether oxygens (including phenoxy) is 2. The molecule has 8 nitrogen and oxygen atoms in total. The normalized spacial score (nSPS) is 18.2.